The van der Waals surface area contributed by atoms with Crippen LogP contribution in [0.15, 0.2) is 36.4 Å². The molecule has 1 heterocycles. The van der Waals surface area contributed by atoms with Crippen molar-refractivity contribution in [1.29, 1.82) is 0 Å². The van der Waals surface area contributed by atoms with Crippen LogP contribution in [0.25, 0.3) is 0 Å². The highest BCUT2D eigenvalue weighted by atomic mass is 19.1. The number of carbonyl (C=O) groups is 1. The van der Waals surface area contributed by atoms with Gasteiger partial charge in [-0.25, -0.2) is 4.39 Å². The molecule has 0 unspecified atom stereocenters. The van der Waals surface area contributed by atoms with E-state index >= 15 is 0 Å². The van der Waals surface area contributed by atoms with Gasteiger partial charge in [-0.15, -0.1) is 0 Å². The number of benzene rings is 1. The highest BCUT2D eigenvalue weighted by Gasteiger charge is 2.18. The molecular formula is C10H8FNO. The maximum Gasteiger partial charge on any atom is 0.251 e. The molecule has 0 aromatic heterocycles. The lowest BCUT2D eigenvalue weighted by atomic mass is 10.3. The number of rotatable bonds is 1. The smallest absolute Gasteiger partial charge is 0.251 e. The van der Waals surface area contributed by atoms with Crippen molar-refractivity contribution in [3.05, 3.63) is 42.2 Å². The van der Waals surface area contributed by atoms with Crippen LogP contribution >= 0.6 is 0 Å². The van der Waals surface area contributed by atoms with E-state index in [1.807, 2.05) is 0 Å². The quantitative estimate of drug-likeness (QED) is 0.639. The van der Waals surface area contributed by atoms with E-state index in [1.165, 1.54) is 17.0 Å². The summed E-state index contributed by atoms with van der Waals surface area (Å²) in [6.45, 7) is 0.458. The number of amides is 1. The van der Waals surface area contributed by atoms with Crippen molar-refractivity contribution in [1.82, 2.24) is 0 Å². The lowest BCUT2D eigenvalue weighted by Gasteiger charge is -2.15. The summed E-state index contributed by atoms with van der Waals surface area (Å²) in [4.78, 5) is 12.6. The van der Waals surface area contributed by atoms with Crippen molar-refractivity contribution in [2.24, 2.45) is 0 Å². The maximum absolute atomic E-state index is 13.2. The van der Waals surface area contributed by atoms with Crippen LogP contribution in [-0.4, -0.2) is 12.5 Å². The van der Waals surface area contributed by atoms with Crippen LogP contribution in [0.4, 0.5) is 10.1 Å². The van der Waals surface area contributed by atoms with Gasteiger partial charge in [0.15, 0.2) is 0 Å². The van der Waals surface area contributed by atoms with Gasteiger partial charge in [-0.05, 0) is 12.1 Å². The molecule has 0 saturated carbocycles. The van der Waals surface area contributed by atoms with Crippen molar-refractivity contribution in [3.63, 3.8) is 0 Å². The van der Waals surface area contributed by atoms with E-state index in [0.717, 1.165) is 0 Å². The fourth-order valence-electron chi connectivity index (χ4n) is 1.33. The first kappa shape index (κ1) is 7.98. The molecule has 0 atom stereocenters. The highest BCUT2D eigenvalue weighted by molar-refractivity contribution is 6.04. The molecule has 0 spiro atoms. The first-order valence-corrected chi connectivity index (χ1v) is 4.01. The standard InChI is InChI=1S/C10H8FNO/c11-8-4-1-2-5-9(8)12-7-3-6-10(12)13/h1-6H,7H2. The van der Waals surface area contributed by atoms with E-state index in [4.69, 9.17) is 0 Å². The Kier molecular flexibility index (Phi) is 1.85. The third kappa shape index (κ3) is 1.33. The van der Waals surface area contributed by atoms with Crippen molar-refractivity contribution in [3.8, 4) is 0 Å². The summed E-state index contributed by atoms with van der Waals surface area (Å²) >= 11 is 0. The Morgan fingerprint density at radius 1 is 1.31 bits per heavy atom. The number of nitrogens with zero attached hydrogens (tertiary/aromatic N) is 1. The van der Waals surface area contributed by atoms with Crippen LogP contribution in [0.5, 0.6) is 0 Å². The average Bonchev–Trinajstić information content (AvgIpc) is 2.52. The van der Waals surface area contributed by atoms with E-state index in [9.17, 15) is 9.18 Å². The van der Waals surface area contributed by atoms with Crippen LogP contribution in [0, 0.1) is 5.82 Å². The predicted octanol–water partition coefficient (Wildman–Crippen LogP) is 1.73. The van der Waals surface area contributed by atoms with Crippen molar-refractivity contribution in [2.75, 3.05) is 11.4 Å². The molecule has 1 aliphatic heterocycles. The molecular weight excluding hydrogens is 169 g/mol. The second-order valence-corrected chi connectivity index (χ2v) is 2.80. The van der Waals surface area contributed by atoms with Gasteiger partial charge in [0.25, 0.3) is 5.91 Å². The number of hydrogen-bond donors (Lipinski definition) is 0. The maximum atomic E-state index is 13.2. The van der Waals surface area contributed by atoms with Gasteiger partial charge in [0.05, 0.1) is 5.69 Å². The van der Waals surface area contributed by atoms with Gasteiger partial charge in [-0.2, -0.15) is 0 Å². The van der Waals surface area contributed by atoms with Gasteiger partial charge in [-0.1, -0.05) is 18.2 Å². The minimum Gasteiger partial charge on any atom is -0.302 e. The largest absolute Gasteiger partial charge is 0.302 e. The number of para-hydroxylation sites is 1. The van der Waals surface area contributed by atoms with Gasteiger partial charge >= 0.3 is 0 Å². The van der Waals surface area contributed by atoms with Gasteiger partial charge in [-0.3, -0.25) is 4.79 Å². The number of carbonyl (C=O) groups excluding carboxylic acids is 1. The fraction of sp³-hybridized carbons (Fsp3) is 0.100. The first-order valence-electron chi connectivity index (χ1n) is 4.01. The zero-order chi connectivity index (χ0) is 9.26. The van der Waals surface area contributed by atoms with Crippen LogP contribution in [0.2, 0.25) is 0 Å². The summed E-state index contributed by atoms with van der Waals surface area (Å²) in [5.41, 5.74) is 0.345. The topological polar surface area (TPSA) is 20.3 Å². The van der Waals surface area contributed by atoms with Gasteiger partial charge in [0.2, 0.25) is 0 Å². The molecule has 2 nitrogen and oxygen atoms in total. The van der Waals surface area contributed by atoms with Crippen LogP contribution in [0.3, 0.4) is 0 Å². The lowest BCUT2D eigenvalue weighted by molar-refractivity contribution is -0.113. The molecule has 3 heteroatoms. The lowest BCUT2D eigenvalue weighted by Crippen LogP contribution is -2.25. The Morgan fingerprint density at radius 2 is 2.08 bits per heavy atom. The van der Waals surface area contributed by atoms with Gasteiger partial charge in [0.1, 0.15) is 5.82 Å². The van der Waals surface area contributed by atoms with E-state index in [0.29, 0.717) is 12.2 Å². The molecule has 1 amide bonds. The first-order chi connectivity index (χ1) is 6.29. The highest BCUT2D eigenvalue weighted by Crippen LogP contribution is 2.20. The molecule has 0 aliphatic carbocycles. The summed E-state index contributed by atoms with van der Waals surface area (Å²) in [7, 11) is 0. The minimum absolute atomic E-state index is 0.162. The Balaban J connectivity index is 2.36. The average molecular weight is 177 g/mol. The van der Waals surface area contributed by atoms with E-state index in [1.54, 1.807) is 24.3 Å². The van der Waals surface area contributed by atoms with E-state index in [2.05, 4.69) is 0 Å². The van der Waals surface area contributed by atoms with Crippen LogP contribution < -0.4 is 4.90 Å². The van der Waals surface area contributed by atoms with Crippen molar-refractivity contribution < 1.29 is 9.18 Å². The Morgan fingerprint density at radius 3 is 2.69 bits per heavy atom. The third-order valence-corrected chi connectivity index (χ3v) is 1.96. The second-order valence-electron chi connectivity index (χ2n) is 2.80. The summed E-state index contributed by atoms with van der Waals surface area (Å²) in [5.74, 6) is -0.523. The number of anilines is 1. The normalized spacial score (nSPS) is 15.5. The molecule has 66 valence electrons. The summed E-state index contributed by atoms with van der Waals surface area (Å²) in [5, 5.41) is 0. The molecule has 0 radical (unpaired) electrons. The molecule has 1 aromatic carbocycles. The van der Waals surface area contributed by atoms with Crippen molar-refractivity contribution in [2.45, 2.75) is 0 Å². The summed E-state index contributed by atoms with van der Waals surface area (Å²) in [6, 6.07) is 6.26. The van der Waals surface area contributed by atoms with E-state index in [-0.39, 0.29) is 11.7 Å². The molecule has 1 aromatic rings. The Bertz CT molecular complexity index is 373. The molecule has 0 bridgehead atoms. The molecule has 0 fully saturated rings. The number of hydrogen-bond acceptors (Lipinski definition) is 1. The Hall–Kier alpha value is -1.64. The van der Waals surface area contributed by atoms with Crippen LogP contribution in [0.1, 0.15) is 0 Å². The zero-order valence-electron chi connectivity index (χ0n) is 6.90. The predicted molar refractivity (Wildman–Crippen MR) is 47.9 cm³/mol. The number of halogens is 1. The monoisotopic (exact) mass is 177 g/mol. The molecule has 0 N–H and O–H groups in total. The summed E-state index contributed by atoms with van der Waals surface area (Å²) < 4.78 is 13.2. The minimum atomic E-state index is -0.362. The van der Waals surface area contributed by atoms with E-state index < -0.39 is 0 Å². The third-order valence-electron chi connectivity index (χ3n) is 1.96. The fourth-order valence-corrected chi connectivity index (χ4v) is 1.33. The van der Waals surface area contributed by atoms with Crippen molar-refractivity contribution >= 4 is 11.6 Å². The van der Waals surface area contributed by atoms with Crippen LogP contribution in [-0.2, 0) is 4.79 Å². The molecule has 13 heavy (non-hydrogen) atoms. The van der Waals surface area contributed by atoms with Gasteiger partial charge in [0, 0.05) is 12.6 Å². The SMILES string of the molecule is O=C1C=CCN1c1ccccc1F. The second kappa shape index (κ2) is 3.01. The Labute approximate surface area is 75.3 Å². The molecule has 2 rings (SSSR count). The molecule has 1 aliphatic rings. The zero-order valence-corrected chi connectivity index (χ0v) is 6.90. The molecule has 0 saturated heterocycles. The van der Waals surface area contributed by atoms with Gasteiger partial charge < -0.3 is 4.90 Å². The summed E-state index contributed by atoms with van der Waals surface area (Å²) in [6.07, 6.45) is 3.17.